The zero-order chi connectivity index (χ0) is 16.8. The second kappa shape index (κ2) is 8.10. The molecule has 2 rings (SSSR count). The largest absolute Gasteiger partial charge is 0.383 e. The van der Waals surface area contributed by atoms with Gasteiger partial charge in [0.05, 0.1) is 19.2 Å². The number of fused-ring (bicyclic) bond motifs is 1. The normalized spacial score (nSPS) is 16.4. The first kappa shape index (κ1) is 17.5. The smallest absolute Gasteiger partial charge is 0.271 e. The first-order valence-corrected chi connectivity index (χ1v) is 8.12. The van der Waals surface area contributed by atoms with Crippen LogP contribution in [0.1, 0.15) is 42.9 Å². The van der Waals surface area contributed by atoms with E-state index in [0.29, 0.717) is 44.1 Å². The molecule has 7 nitrogen and oxygen atoms in total. The van der Waals surface area contributed by atoms with Crippen molar-refractivity contribution in [1.82, 2.24) is 20.4 Å². The highest BCUT2D eigenvalue weighted by Gasteiger charge is 2.26. The van der Waals surface area contributed by atoms with E-state index in [1.165, 1.54) is 0 Å². The molecule has 1 aromatic heterocycles. The minimum atomic E-state index is -0.193. The van der Waals surface area contributed by atoms with Crippen molar-refractivity contribution in [2.24, 2.45) is 5.92 Å². The summed E-state index contributed by atoms with van der Waals surface area (Å²) in [5, 5.41) is 10.1. The Hall–Kier alpha value is -1.89. The number of ether oxygens (including phenoxy) is 1. The molecule has 2 N–H and O–H groups in total. The lowest BCUT2D eigenvalue weighted by Crippen LogP contribution is -2.36. The van der Waals surface area contributed by atoms with Crippen molar-refractivity contribution in [2.75, 3.05) is 20.3 Å². The van der Waals surface area contributed by atoms with Crippen LogP contribution in [-0.4, -0.2) is 47.9 Å². The number of nitrogens with zero attached hydrogens (tertiary/aromatic N) is 2. The molecule has 0 unspecified atom stereocenters. The van der Waals surface area contributed by atoms with E-state index in [2.05, 4.69) is 29.6 Å². The van der Waals surface area contributed by atoms with Gasteiger partial charge in [0.2, 0.25) is 5.91 Å². The van der Waals surface area contributed by atoms with Crippen molar-refractivity contribution in [3.8, 4) is 0 Å². The van der Waals surface area contributed by atoms with Gasteiger partial charge in [-0.15, -0.1) is 0 Å². The van der Waals surface area contributed by atoms with E-state index in [0.717, 1.165) is 12.1 Å². The van der Waals surface area contributed by atoms with Crippen molar-refractivity contribution in [2.45, 2.75) is 45.7 Å². The fraction of sp³-hybridized carbons (Fsp3) is 0.688. The number of rotatable bonds is 8. The molecular formula is C16H26N4O3. The van der Waals surface area contributed by atoms with Gasteiger partial charge in [0.1, 0.15) is 5.69 Å². The zero-order valence-electron chi connectivity index (χ0n) is 14.1. The third-order valence-electron chi connectivity index (χ3n) is 3.85. The number of methoxy groups -OCH3 is 1. The molecule has 0 bridgehead atoms. The number of hydrogen-bond donors (Lipinski definition) is 2. The Labute approximate surface area is 136 Å². The summed E-state index contributed by atoms with van der Waals surface area (Å²) in [6.07, 6.45) is 2.17. The van der Waals surface area contributed by atoms with Gasteiger partial charge in [-0.2, -0.15) is 5.10 Å². The summed E-state index contributed by atoms with van der Waals surface area (Å²) in [4.78, 5) is 23.8. The van der Waals surface area contributed by atoms with Crippen molar-refractivity contribution in [3.05, 3.63) is 17.5 Å². The SMILES string of the molecule is COCCNC(=O)c1cc2n(n1)C[C@@H](NC(=O)CCC(C)C)C2. The molecule has 128 valence electrons. The maximum atomic E-state index is 11.9. The molecule has 0 aromatic carbocycles. The topological polar surface area (TPSA) is 85.2 Å². The Morgan fingerprint density at radius 1 is 1.48 bits per heavy atom. The summed E-state index contributed by atoms with van der Waals surface area (Å²) in [5.41, 5.74) is 1.40. The number of nitrogens with one attached hydrogen (secondary N) is 2. The Morgan fingerprint density at radius 2 is 2.26 bits per heavy atom. The Morgan fingerprint density at radius 3 is 2.91 bits per heavy atom. The van der Waals surface area contributed by atoms with Crippen molar-refractivity contribution >= 4 is 11.8 Å². The van der Waals surface area contributed by atoms with E-state index in [-0.39, 0.29) is 17.9 Å². The van der Waals surface area contributed by atoms with Gasteiger partial charge < -0.3 is 15.4 Å². The minimum absolute atomic E-state index is 0.0720. The molecule has 0 radical (unpaired) electrons. The minimum Gasteiger partial charge on any atom is -0.383 e. The van der Waals surface area contributed by atoms with Gasteiger partial charge in [0, 0.05) is 32.2 Å². The molecule has 2 amide bonds. The standard InChI is InChI=1S/C16H26N4O3/c1-11(2)4-5-15(21)18-12-8-13-9-14(19-20(13)10-12)16(22)17-6-7-23-3/h9,11-12H,4-8,10H2,1-3H3,(H,17,22)(H,18,21)/t12-/m0/s1. The summed E-state index contributed by atoms with van der Waals surface area (Å²) in [5.74, 6) is 0.424. The average Bonchev–Trinajstić information content (AvgIpc) is 3.03. The second-order valence-corrected chi connectivity index (χ2v) is 6.35. The average molecular weight is 322 g/mol. The highest BCUT2D eigenvalue weighted by molar-refractivity contribution is 5.92. The van der Waals surface area contributed by atoms with Gasteiger partial charge in [-0.1, -0.05) is 13.8 Å². The molecule has 0 fully saturated rings. The fourth-order valence-electron chi connectivity index (χ4n) is 2.59. The van der Waals surface area contributed by atoms with Crippen molar-refractivity contribution < 1.29 is 14.3 Å². The third-order valence-corrected chi connectivity index (χ3v) is 3.85. The van der Waals surface area contributed by atoms with E-state index < -0.39 is 0 Å². The number of carbonyl (C=O) groups is 2. The van der Waals surface area contributed by atoms with Gasteiger partial charge in [-0.25, -0.2) is 0 Å². The van der Waals surface area contributed by atoms with Crippen molar-refractivity contribution in [1.29, 1.82) is 0 Å². The van der Waals surface area contributed by atoms with E-state index in [9.17, 15) is 9.59 Å². The number of aromatic nitrogens is 2. The van der Waals surface area contributed by atoms with Crippen LogP contribution in [0.4, 0.5) is 0 Å². The van der Waals surface area contributed by atoms with Crippen LogP contribution in [0.2, 0.25) is 0 Å². The first-order chi connectivity index (χ1) is 11.0. The predicted octanol–water partition coefficient (Wildman–Crippen LogP) is 0.736. The van der Waals surface area contributed by atoms with Gasteiger partial charge in [-0.3, -0.25) is 14.3 Å². The van der Waals surface area contributed by atoms with Gasteiger partial charge in [0.25, 0.3) is 5.91 Å². The second-order valence-electron chi connectivity index (χ2n) is 6.35. The van der Waals surface area contributed by atoms with Crippen LogP contribution in [0.25, 0.3) is 0 Å². The molecule has 1 aliphatic heterocycles. The molecule has 0 spiro atoms. The number of amides is 2. The molecule has 1 aromatic rings. The molecule has 7 heteroatoms. The van der Waals surface area contributed by atoms with Gasteiger partial charge in [0.15, 0.2) is 0 Å². The molecule has 0 aliphatic carbocycles. The van der Waals surface area contributed by atoms with Crippen LogP contribution in [0.5, 0.6) is 0 Å². The fourth-order valence-corrected chi connectivity index (χ4v) is 2.59. The summed E-state index contributed by atoms with van der Waals surface area (Å²) in [6.45, 7) is 5.78. The van der Waals surface area contributed by atoms with E-state index >= 15 is 0 Å². The van der Waals surface area contributed by atoms with E-state index in [1.807, 2.05) is 0 Å². The van der Waals surface area contributed by atoms with Crippen LogP contribution in [-0.2, 0) is 22.5 Å². The Bertz CT molecular complexity index is 530. The van der Waals surface area contributed by atoms with E-state index in [1.54, 1.807) is 17.9 Å². The maximum Gasteiger partial charge on any atom is 0.271 e. The summed E-state index contributed by atoms with van der Waals surface area (Å²) in [7, 11) is 1.59. The lowest BCUT2D eigenvalue weighted by atomic mass is 10.1. The first-order valence-electron chi connectivity index (χ1n) is 8.12. The van der Waals surface area contributed by atoms with Crippen LogP contribution in [0, 0.1) is 5.92 Å². The summed E-state index contributed by atoms with van der Waals surface area (Å²) < 4.78 is 6.70. The maximum absolute atomic E-state index is 11.9. The third kappa shape index (κ3) is 5.06. The molecule has 0 saturated heterocycles. The predicted molar refractivity (Wildman–Crippen MR) is 86.1 cm³/mol. The van der Waals surface area contributed by atoms with Gasteiger partial charge in [-0.05, 0) is 18.4 Å². The quantitative estimate of drug-likeness (QED) is 0.691. The lowest BCUT2D eigenvalue weighted by Gasteiger charge is -2.12. The number of hydrogen-bond acceptors (Lipinski definition) is 4. The molecule has 23 heavy (non-hydrogen) atoms. The summed E-state index contributed by atoms with van der Waals surface area (Å²) in [6, 6.07) is 1.87. The van der Waals surface area contributed by atoms with Gasteiger partial charge >= 0.3 is 0 Å². The van der Waals surface area contributed by atoms with Crippen LogP contribution in [0.3, 0.4) is 0 Å². The molecular weight excluding hydrogens is 296 g/mol. The van der Waals surface area contributed by atoms with E-state index in [4.69, 9.17) is 4.74 Å². The Kier molecular flexibility index (Phi) is 6.15. The Balaban J connectivity index is 1.80. The lowest BCUT2D eigenvalue weighted by molar-refractivity contribution is -0.122. The summed E-state index contributed by atoms with van der Waals surface area (Å²) >= 11 is 0. The van der Waals surface area contributed by atoms with Crippen LogP contribution >= 0.6 is 0 Å². The van der Waals surface area contributed by atoms with Crippen LogP contribution in [0.15, 0.2) is 6.07 Å². The molecule has 0 saturated carbocycles. The highest BCUT2D eigenvalue weighted by atomic mass is 16.5. The zero-order valence-corrected chi connectivity index (χ0v) is 14.1. The van der Waals surface area contributed by atoms with Crippen LogP contribution < -0.4 is 10.6 Å². The molecule has 1 aliphatic rings. The van der Waals surface area contributed by atoms with Crippen molar-refractivity contribution in [3.63, 3.8) is 0 Å². The molecule has 2 heterocycles. The monoisotopic (exact) mass is 322 g/mol. The highest BCUT2D eigenvalue weighted by Crippen LogP contribution is 2.16. The number of carbonyl (C=O) groups excluding carboxylic acids is 2. The molecule has 1 atom stereocenters.